The van der Waals surface area contributed by atoms with Gasteiger partial charge in [0.25, 0.3) is 11.8 Å². The van der Waals surface area contributed by atoms with Gasteiger partial charge in [0.1, 0.15) is 10.8 Å². The van der Waals surface area contributed by atoms with Crippen molar-refractivity contribution in [2.24, 2.45) is 5.73 Å². The Balaban J connectivity index is 1.64. The number of primary amides is 1. The second-order valence-corrected chi connectivity index (χ2v) is 8.58. The maximum Gasteiger partial charge on any atom is 0.264 e. The van der Waals surface area contributed by atoms with Gasteiger partial charge in [-0.15, -0.1) is 11.3 Å². The molecule has 31 heavy (non-hydrogen) atoms. The first-order valence-corrected chi connectivity index (χ1v) is 10.9. The zero-order valence-electron chi connectivity index (χ0n) is 16.6. The molecule has 3 aromatic rings. The summed E-state index contributed by atoms with van der Waals surface area (Å²) < 4.78 is 5.40. The smallest absolute Gasteiger partial charge is 0.264 e. The van der Waals surface area contributed by atoms with Crippen molar-refractivity contribution >= 4 is 57.1 Å². The van der Waals surface area contributed by atoms with E-state index in [4.69, 9.17) is 34.3 Å². The zero-order chi connectivity index (χ0) is 22.4. The second kappa shape index (κ2) is 10.4. The van der Waals surface area contributed by atoms with Crippen molar-refractivity contribution in [1.82, 2.24) is 5.32 Å². The van der Waals surface area contributed by atoms with E-state index in [1.807, 2.05) is 37.3 Å². The van der Waals surface area contributed by atoms with Crippen LogP contribution in [0.3, 0.4) is 0 Å². The van der Waals surface area contributed by atoms with Crippen LogP contribution in [-0.4, -0.2) is 23.5 Å². The number of ether oxygens (including phenoxy) is 1. The maximum atomic E-state index is 12.1. The number of hydrogen-bond acceptors (Lipinski definition) is 5. The summed E-state index contributed by atoms with van der Waals surface area (Å²) in [6.07, 6.45) is 0.660. The van der Waals surface area contributed by atoms with E-state index in [0.29, 0.717) is 27.8 Å². The fraction of sp³-hybridized carbons (Fsp3) is 0.136. The molecule has 4 N–H and O–H groups in total. The van der Waals surface area contributed by atoms with Crippen LogP contribution in [0.25, 0.3) is 0 Å². The van der Waals surface area contributed by atoms with Crippen LogP contribution < -0.4 is 21.1 Å². The summed E-state index contributed by atoms with van der Waals surface area (Å²) in [5.74, 6) is -0.490. The predicted octanol–water partition coefficient (Wildman–Crippen LogP) is 4.29. The summed E-state index contributed by atoms with van der Waals surface area (Å²) in [7, 11) is 0. The summed E-state index contributed by atoms with van der Waals surface area (Å²) in [6.45, 7) is 1.62. The molecule has 0 saturated carbocycles. The number of amides is 2. The Bertz CT molecular complexity index is 1100. The Hall–Kier alpha value is -2.94. The Morgan fingerprint density at radius 1 is 1.13 bits per heavy atom. The molecule has 0 bridgehead atoms. The third kappa shape index (κ3) is 6.27. The lowest BCUT2D eigenvalue weighted by Crippen LogP contribution is -2.37. The summed E-state index contributed by atoms with van der Waals surface area (Å²) in [4.78, 5) is 25.2. The van der Waals surface area contributed by atoms with Gasteiger partial charge in [-0.2, -0.15) is 0 Å². The largest absolute Gasteiger partial charge is 0.484 e. The summed E-state index contributed by atoms with van der Waals surface area (Å²) >= 11 is 12.4. The average Bonchev–Trinajstić information content (AvgIpc) is 3.03. The molecular weight excluding hydrogens is 454 g/mol. The number of rotatable bonds is 7. The Labute approximate surface area is 194 Å². The van der Waals surface area contributed by atoms with Gasteiger partial charge < -0.3 is 15.8 Å². The van der Waals surface area contributed by atoms with Crippen LogP contribution in [0.4, 0.5) is 5.00 Å². The number of carbonyl (C=O) groups excluding carboxylic acids is 2. The molecule has 0 saturated heterocycles. The fourth-order valence-corrected chi connectivity index (χ4v) is 4.53. The van der Waals surface area contributed by atoms with Crippen molar-refractivity contribution in [3.8, 4) is 5.75 Å². The predicted molar refractivity (Wildman–Crippen MR) is 128 cm³/mol. The van der Waals surface area contributed by atoms with Gasteiger partial charge in [0.2, 0.25) is 0 Å². The van der Waals surface area contributed by atoms with Gasteiger partial charge in [0.05, 0.1) is 5.56 Å². The molecule has 3 rings (SSSR count). The van der Waals surface area contributed by atoms with E-state index >= 15 is 0 Å². The summed E-state index contributed by atoms with van der Waals surface area (Å²) in [5, 5.41) is 6.59. The highest BCUT2D eigenvalue weighted by atomic mass is 35.5. The van der Waals surface area contributed by atoms with Crippen molar-refractivity contribution in [3.63, 3.8) is 0 Å². The average molecular weight is 474 g/mol. The van der Waals surface area contributed by atoms with E-state index in [2.05, 4.69) is 10.6 Å². The first-order valence-electron chi connectivity index (χ1n) is 9.28. The van der Waals surface area contributed by atoms with Crippen molar-refractivity contribution in [2.45, 2.75) is 13.3 Å². The van der Waals surface area contributed by atoms with E-state index in [-0.39, 0.29) is 11.7 Å². The molecule has 6 nitrogen and oxygen atoms in total. The van der Waals surface area contributed by atoms with E-state index in [9.17, 15) is 9.59 Å². The number of benzene rings is 2. The minimum Gasteiger partial charge on any atom is -0.484 e. The lowest BCUT2D eigenvalue weighted by atomic mass is 10.1. The quantitative estimate of drug-likeness (QED) is 0.445. The van der Waals surface area contributed by atoms with E-state index in [0.717, 1.165) is 16.0 Å². The number of carbonyl (C=O) groups is 2. The number of hydrogen-bond donors (Lipinski definition) is 3. The molecule has 1 aromatic heterocycles. The van der Waals surface area contributed by atoms with E-state index in [1.54, 1.807) is 24.3 Å². The number of nitrogens with one attached hydrogen (secondary N) is 2. The number of anilines is 1. The third-order valence-corrected chi connectivity index (χ3v) is 6.03. The van der Waals surface area contributed by atoms with Gasteiger partial charge >= 0.3 is 0 Å². The van der Waals surface area contributed by atoms with Gasteiger partial charge in [-0.05, 0) is 54.5 Å². The molecule has 0 unspecified atom stereocenters. The first-order chi connectivity index (χ1) is 14.8. The fourth-order valence-electron chi connectivity index (χ4n) is 2.87. The van der Waals surface area contributed by atoms with Crippen LogP contribution in [0.15, 0.2) is 54.6 Å². The SMILES string of the molecule is Cc1c(Cc2ccccc2)sc(NC(=S)NC(=O)COc2ccc(Cl)cc2)c1C(N)=O. The van der Waals surface area contributed by atoms with Gasteiger partial charge in [-0.1, -0.05) is 41.9 Å². The standard InChI is InChI=1S/C22H20ClN3O3S2/c1-13-17(11-14-5-3-2-4-6-14)31-21(19(13)20(24)28)26-22(30)25-18(27)12-29-16-9-7-15(23)8-10-16/h2-10H,11-12H2,1H3,(H2,24,28)(H2,25,26,27,30). The Morgan fingerprint density at radius 3 is 2.45 bits per heavy atom. The highest BCUT2D eigenvalue weighted by Crippen LogP contribution is 2.34. The van der Waals surface area contributed by atoms with Gasteiger partial charge in [-0.3, -0.25) is 14.9 Å². The first kappa shape index (κ1) is 22.7. The molecule has 0 aliphatic carbocycles. The highest BCUT2D eigenvalue weighted by molar-refractivity contribution is 7.80. The second-order valence-electron chi connectivity index (χ2n) is 6.63. The number of thiophene rings is 1. The Kier molecular flexibility index (Phi) is 7.62. The lowest BCUT2D eigenvalue weighted by molar-refractivity contribution is -0.121. The van der Waals surface area contributed by atoms with Crippen LogP contribution in [-0.2, 0) is 11.2 Å². The van der Waals surface area contributed by atoms with Gasteiger partial charge in [-0.25, -0.2) is 0 Å². The molecule has 1 heterocycles. The normalized spacial score (nSPS) is 10.4. The molecule has 160 valence electrons. The molecule has 0 spiro atoms. The van der Waals surface area contributed by atoms with Crippen molar-refractivity contribution in [2.75, 3.05) is 11.9 Å². The molecule has 2 amide bonds. The van der Waals surface area contributed by atoms with Crippen LogP contribution >= 0.6 is 35.2 Å². The van der Waals surface area contributed by atoms with E-state index < -0.39 is 11.8 Å². The van der Waals surface area contributed by atoms with Crippen LogP contribution in [0.5, 0.6) is 5.75 Å². The highest BCUT2D eigenvalue weighted by Gasteiger charge is 2.20. The van der Waals surface area contributed by atoms with E-state index in [1.165, 1.54) is 11.3 Å². The minimum absolute atomic E-state index is 0.0553. The molecular formula is C22H20ClN3O3S2. The van der Waals surface area contributed by atoms with Crippen molar-refractivity contribution < 1.29 is 14.3 Å². The maximum absolute atomic E-state index is 12.1. The Morgan fingerprint density at radius 2 is 1.81 bits per heavy atom. The molecule has 0 aliphatic heterocycles. The third-order valence-electron chi connectivity index (χ3n) is 4.36. The monoisotopic (exact) mass is 473 g/mol. The molecule has 2 aromatic carbocycles. The molecule has 0 radical (unpaired) electrons. The lowest BCUT2D eigenvalue weighted by Gasteiger charge is -2.10. The number of nitrogens with two attached hydrogens (primary N) is 1. The van der Waals surface area contributed by atoms with Crippen LogP contribution in [0.1, 0.15) is 26.4 Å². The zero-order valence-corrected chi connectivity index (χ0v) is 19.0. The molecule has 0 fully saturated rings. The topological polar surface area (TPSA) is 93.4 Å². The molecule has 9 heteroatoms. The minimum atomic E-state index is -0.559. The van der Waals surface area contributed by atoms with Gasteiger partial charge in [0.15, 0.2) is 11.7 Å². The van der Waals surface area contributed by atoms with Crippen LogP contribution in [0.2, 0.25) is 5.02 Å². The van der Waals surface area contributed by atoms with Crippen LogP contribution in [0, 0.1) is 6.92 Å². The van der Waals surface area contributed by atoms with Gasteiger partial charge in [0, 0.05) is 16.3 Å². The number of thiocarbonyl (C=S) groups is 1. The number of halogens is 1. The van der Waals surface area contributed by atoms with Crippen molar-refractivity contribution in [1.29, 1.82) is 0 Å². The summed E-state index contributed by atoms with van der Waals surface area (Å²) in [5.41, 5.74) is 7.87. The molecule has 0 atom stereocenters. The van der Waals surface area contributed by atoms with Crippen molar-refractivity contribution in [3.05, 3.63) is 81.2 Å². The molecule has 0 aliphatic rings. The summed E-state index contributed by atoms with van der Waals surface area (Å²) in [6, 6.07) is 16.6.